The van der Waals surface area contributed by atoms with Crippen LogP contribution >= 0.6 is 0 Å². The minimum absolute atomic E-state index is 0.217. The van der Waals surface area contributed by atoms with Crippen LogP contribution in [0.3, 0.4) is 0 Å². The highest BCUT2D eigenvalue weighted by Gasteiger charge is 2.17. The lowest BCUT2D eigenvalue weighted by Gasteiger charge is -2.20. The van der Waals surface area contributed by atoms with Crippen molar-refractivity contribution in [2.45, 2.75) is 37.6 Å². The summed E-state index contributed by atoms with van der Waals surface area (Å²) in [6.07, 6.45) is -0.217. The van der Waals surface area contributed by atoms with E-state index in [0.29, 0.717) is 12.1 Å². The lowest BCUT2D eigenvalue weighted by Crippen LogP contribution is -2.46. The molecule has 0 unspecified atom stereocenters. The summed E-state index contributed by atoms with van der Waals surface area (Å²) in [7, 11) is -4.07. The Balaban J connectivity index is 2.44. The molecule has 0 fully saturated rings. The number of amides is 2. The van der Waals surface area contributed by atoms with Crippen LogP contribution in [0, 0.1) is 11.6 Å². The normalized spacial score (nSPS) is 11.9. The fourth-order valence-electron chi connectivity index (χ4n) is 1.76. The summed E-state index contributed by atoms with van der Waals surface area (Å²) in [5, 5.41) is 5.01. The maximum absolute atomic E-state index is 13.1. The Morgan fingerprint density at radius 1 is 1.08 bits per heavy atom. The molecule has 0 aliphatic rings. The van der Waals surface area contributed by atoms with Gasteiger partial charge < -0.3 is 10.6 Å². The summed E-state index contributed by atoms with van der Waals surface area (Å²) in [4.78, 5) is 22.7. The molecular weight excluding hydrogens is 356 g/mol. The summed E-state index contributed by atoms with van der Waals surface area (Å²) in [5.74, 6) is -3.35. The summed E-state index contributed by atoms with van der Waals surface area (Å²) < 4.78 is 51.8. The van der Waals surface area contributed by atoms with Crippen molar-refractivity contribution in [3.63, 3.8) is 0 Å². The second kappa shape index (κ2) is 8.34. The predicted molar refractivity (Wildman–Crippen MR) is 87.1 cm³/mol. The molecule has 140 valence electrons. The molecule has 0 bridgehead atoms. The van der Waals surface area contributed by atoms with Crippen molar-refractivity contribution in [1.29, 1.82) is 0 Å². The zero-order valence-corrected chi connectivity index (χ0v) is 15.0. The van der Waals surface area contributed by atoms with Gasteiger partial charge in [-0.15, -0.1) is 0 Å². The lowest BCUT2D eigenvalue weighted by atomic mass is 10.1. The van der Waals surface area contributed by atoms with E-state index < -0.39 is 38.0 Å². The van der Waals surface area contributed by atoms with E-state index in [1.807, 2.05) is 0 Å². The van der Waals surface area contributed by atoms with E-state index in [1.54, 1.807) is 20.8 Å². The second-order valence-corrected chi connectivity index (χ2v) is 8.07. The molecule has 7 nitrogen and oxygen atoms in total. The number of hydrogen-bond acceptors (Lipinski definition) is 4. The van der Waals surface area contributed by atoms with Crippen molar-refractivity contribution in [2.75, 3.05) is 13.1 Å². The predicted octanol–water partition coefficient (Wildman–Crippen LogP) is 0.664. The highest BCUT2D eigenvalue weighted by molar-refractivity contribution is 7.89. The molecule has 0 aliphatic carbocycles. The Labute approximate surface area is 145 Å². The Morgan fingerprint density at radius 2 is 1.72 bits per heavy atom. The fourth-order valence-corrected chi connectivity index (χ4v) is 2.80. The summed E-state index contributed by atoms with van der Waals surface area (Å²) >= 11 is 0. The zero-order chi connectivity index (χ0) is 19.3. The van der Waals surface area contributed by atoms with E-state index >= 15 is 0 Å². The molecule has 0 saturated carbocycles. The van der Waals surface area contributed by atoms with E-state index in [9.17, 15) is 26.8 Å². The number of hydrogen-bond donors (Lipinski definition) is 3. The first-order valence-corrected chi connectivity index (χ1v) is 8.91. The van der Waals surface area contributed by atoms with E-state index in [4.69, 9.17) is 0 Å². The average molecular weight is 377 g/mol. The monoisotopic (exact) mass is 377 g/mol. The third-order valence-electron chi connectivity index (χ3n) is 2.81. The fraction of sp³-hybridized carbons (Fsp3) is 0.467. The minimum atomic E-state index is -4.07. The van der Waals surface area contributed by atoms with Crippen LogP contribution in [0.1, 0.15) is 27.2 Å². The van der Waals surface area contributed by atoms with Crippen LogP contribution in [0.2, 0.25) is 0 Å². The Bertz CT molecular complexity index is 746. The van der Waals surface area contributed by atoms with Gasteiger partial charge in [0.1, 0.15) is 0 Å². The number of nitrogens with one attached hydrogen (secondary N) is 3. The van der Waals surface area contributed by atoms with E-state index in [0.717, 1.165) is 6.07 Å². The molecule has 0 heterocycles. The number of sulfonamides is 1. The maximum atomic E-state index is 13.1. The standard InChI is InChI=1S/C15H21F2N3O4S/c1-15(2,3)20-14(22)9-18-13(21)6-7-19-25(23,24)10-4-5-11(16)12(17)8-10/h4-5,8,19H,6-7,9H2,1-3H3,(H,18,21)(H,20,22). The second-order valence-electron chi connectivity index (χ2n) is 6.30. The van der Waals surface area contributed by atoms with Gasteiger partial charge >= 0.3 is 0 Å². The van der Waals surface area contributed by atoms with Crippen molar-refractivity contribution in [1.82, 2.24) is 15.4 Å². The van der Waals surface area contributed by atoms with Gasteiger partial charge in [-0.05, 0) is 39.0 Å². The minimum Gasteiger partial charge on any atom is -0.350 e. The molecule has 0 aliphatic heterocycles. The molecule has 0 atom stereocenters. The molecule has 25 heavy (non-hydrogen) atoms. The summed E-state index contributed by atoms with van der Waals surface area (Å²) in [5.41, 5.74) is -0.429. The number of benzene rings is 1. The van der Waals surface area contributed by atoms with Gasteiger partial charge in [0, 0.05) is 18.5 Å². The molecule has 1 aromatic carbocycles. The van der Waals surface area contributed by atoms with Gasteiger partial charge in [-0.25, -0.2) is 21.9 Å². The number of carbonyl (C=O) groups is 2. The molecule has 3 N–H and O–H groups in total. The summed E-state index contributed by atoms with van der Waals surface area (Å²) in [6.45, 7) is 4.89. The van der Waals surface area contributed by atoms with Gasteiger partial charge in [-0.2, -0.15) is 0 Å². The molecular formula is C15H21F2N3O4S. The van der Waals surface area contributed by atoms with Crippen LogP contribution in [0.5, 0.6) is 0 Å². The van der Waals surface area contributed by atoms with Gasteiger partial charge in [0.15, 0.2) is 11.6 Å². The van der Waals surface area contributed by atoms with Gasteiger partial charge in [0.2, 0.25) is 21.8 Å². The average Bonchev–Trinajstić information content (AvgIpc) is 2.46. The smallest absolute Gasteiger partial charge is 0.240 e. The van der Waals surface area contributed by atoms with Crippen LogP contribution < -0.4 is 15.4 Å². The van der Waals surface area contributed by atoms with Crippen molar-refractivity contribution >= 4 is 21.8 Å². The zero-order valence-electron chi connectivity index (χ0n) is 14.2. The van der Waals surface area contributed by atoms with Gasteiger partial charge in [-0.1, -0.05) is 0 Å². The van der Waals surface area contributed by atoms with Crippen molar-refractivity contribution in [3.8, 4) is 0 Å². The molecule has 1 aromatic rings. The van der Waals surface area contributed by atoms with Crippen LogP contribution in [-0.4, -0.2) is 38.9 Å². The molecule has 1 rings (SSSR count). The topological polar surface area (TPSA) is 104 Å². The third-order valence-corrected chi connectivity index (χ3v) is 4.26. The van der Waals surface area contributed by atoms with E-state index in [-0.39, 0.29) is 25.4 Å². The Hall–Kier alpha value is -2.07. The number of carbonyl (C=O) groups excluding carboxylic acids is 2. The quantitative estimate of drug-likeness (QED) is 0.649. The van der Waals surface area contributed by atoms with Crippen LogP contribution in [0.25, 0.3) is 0 Å². The van der Waals surface area contributed by atoms with E-state index in [2.05, 4.69) is 15.4 Å². The Morgan fingerprint density at radius 3 is 2.28 bits per heavy atom. The van der Waals surface area contributed by atoms with Crippen LogP contribution in [0.15, 0.2) is 23.1 Å². The highest BCUT2D eigenvalue weighted by Crippen LogP contribution is 2.13. The van der Waals surface area contributed by atoms with Crippen molar-refractivity contribution in [2.24, 2.45) is 0 Å². The first-order valence-electron chi connectivity index (χ1n) is 7.43. The van der Waals surface area contributed by atoms with Gasteiger partial charge in [0.25, 0.3) is 0 Å². The maximum Gasteiger partial charge on any atom is 0.240 e. The largest absolute Gasteiger partial charge is 0.350 e. The molecule has 0 aromatic heterocycles. The molecule has 2 amide bonds. The first kappa shape index (κ1) is 21.0. The van der Waals surface area contributed by atoms with Crippen LogP contribution in [0.4, 0.5) is 8.78 Å². The third kappa shape index (κ3) is 7.57. The van der Waals surface area contributed by atoms with Crippen molar-refractivity contribution in [3.05, 3.63) is 29.8 Å². The molecule has 0 radical (unpaired) electrons. The van der Waals surface area contributed by atoms with Gasteiger partial charge in [0.05, 0.1) is 11.4 Å². The molecule has 0 spiro atoms. The lowest BCUT2D eigenvalue weighted by molar-refractivity contribution is -0.126. The van der Waals surface area contributed by atoms with Crippen LogP contribution in [-0.2, 0) is 19.6 Å². The van der Waals surface area contributed by atoms with E-state index in [1.165, 1.54) is 0 Å². The number of rotatable bonds is 7. The first-order chi connectivity index (χ1) is 11.4. The summed E-state index contributed by atoms with van der Waals surface area (Å²) in [6, 6.07) is 2.16. The number of halogens is 2. The highest BCUT2D eigenvalue weighted by atomic mass is 32.2. The Kier molecular flexibility index (Phi) is 7.00. The molecule has 0 saturated heterocycles. The van der Waals surface area contributed by atoms with Crippen molar-refractivity contribution < 1.29 is 26.8 Å². The molecule has 10 heteroatoms. The SMILES string of the molecule is CC(C)(C)NC(=O)CNC(=O)CCNS(=O)(=O)c1ccc(F)c(F)c1. The van der Waals surface area contributed by atoms with Gasteiger partial charge in [-0.3, -0.25) is 9.59 Å².